The molecule has 0 aliphatic carbocycles. The molecule has 3 aromatic rings. The molecule has 1 amide bonds. The number of carbonyl (C=O) groups is 2. The van der Waals surface area contributed by atoms with E-state index in [2.05, 4.69) is 18.8 Å². The van der Waals surface area contributed by atoms with Crippen LogP contribution in [0.15, 0.2) is 60.2 Å². The maximum absolute atomic E-state index is 13.1. The molecule has 1 aromatic heterocycles. The number of thiazole rings is 1. The molecule has 0 bridgehead atoms. The molecule has 0 saturated carbocycles. The second kappa shape index (κ2) is 8.12. The number of rotatable bonds is 4. The van der Waals surface area contributed by atoms with Gasteiger partial charge in [0.25, 0.3) is 5.78 Å². The summed E-state index contributed by atoms with van der Waals surface area (Å²) in [5.41, 5.74) is 3.31. The molecule has 158 valence electrons. The molecule has 1 fully saturated rings. The number of carbonyl (C=O) groups excluding carboxylic acids is 2. The van der Waals surface area contributed by atoms with Crippen molar-refractivity contribution in [3.05, 3.63) is 87.4 Å². The number of anilines is 1. The van der Waals surface area contributed by atoms with E-state index in [0.717, 1.165) is 21.7 Å². The van der Waals surface area contributed by atoms with Gasteiger partial charge in [0.05, 0.1) is 17.3 Å². The number of aryl methyl sites for hydroxylation is 2. The van der Waals surface area contributed by atoms with Gasteiger partial charge in [0.1, 0.15) is 5.76 Å². The van der Waals surface area contributed by atoms with Crippen LogP contribution in [0.4, 0.5) is 5.13 Å². The van der Waals surface area contributed by atoms with Crippen LogP contribution in [0.2, 0.25) is 0 Å². The Labute approximate surface area is 185 Å². The van der Waals surface area contributed by atoms with Gasteiger partial charge in [-0.25, -0.2) is 4.98 Å². The highest BCUT2D eigenvalue weighted by atomic mass is 32.1. The van der Waals surface area contributed by atoms with Crippen molar-refractivity contribution in [2.45, 2.75) is 39.7 Å². The van der Waals surface area contributed by atoms with Gasteiger partial charge in [0.2, 0.25) is 0 Å². The lowest BCUT2D eigenvalue weighted by Crippen LogP contribution is -2.29. The summed E-state index contributed by atoms with van der Waals surface area (Å²) in [5.74, 6) is -1.20. The molecule has 4 rings (SSSR count). The van der Waals surface area contributed by atoms with Crippen molar-refractivity contribution in [2.24, 2.45) is 0 Å². The third kappa shape index (κ3) is 3.68. The van der Waals surface area contributed by atoms with E-state index in [9.17, 15) is 14.7 Å². The number of ketones is 1. The minimum atomic E-state index is -0.744. The van der Waals surface area contributed by atoms with Crippen molar-refractivity contribution in [1.82, 2.24) is 4.98 Å². The number of aromatic nitrogens is 1. The number of aliphatic hydroxyl groups excluding tert-OH is 1. The zero-order valence-electron chi connectivity index (χ0n) is 17.9. The Morgan fingerprint density at radius 1 is 1.03 bits per heavy atom. The third-order valence-corrected chi connectivity index (χ3v) is 6.71. The van der Waals surface area contributed by atoms with E-state index < -0.39 is 17.7 Å². The second-order valence-corrected chi connectivity index (χ2v) is 9.18. The molecule has 2 aromatic carbocycles. The molecule has 1 atom stereocenters. The molecule has 2 heterocycles. The molecule has 0 unspecified atom stereocenters. The number of Topliss-reactive ketones (excluding diaryl/α,β-unsaturated/α-hetero) is 1. The van der Waals surface area contributed by atoms with Crippen LogP contribution < -0.4 is 4.90 Å². The first-order valence-corrected chi connectivity index (χ1v) is 11.0. The Balaban J connectivity index is 1.93. The van der Waals surface area contributed by atoms with Crippen LogP contribution >= 0.6 is 11.3 Å². The molecule has 0 radical (unpaired) electrons. The number of nitrogens with zero attached hydrogens (tertiary/aromatic N) is 2. The predicted octanol–water partition coefficient (Wildman–Crippen LogP) is 5.51. The summed E-state index contributed by atoms with van der Waals surface area (Å²) >= 11 is 1.37. The van der Waals surface area contributed by atoms with Gasteiger partial charge in [-0.2, -0.15) is 0 Å². The van der Waals surface area contributed by atoms with E-state index >= 15 is 0 Å². The van der Waals surface area contributed by atoms with E-state index in [-0.39, 0.29) is 11.3 Å². The molecule has 5 nitrogen and oxygen atoms in total. The molecule has 1 N–H and O–H groups in total. The monoisotopic (exact) mass is 432 g/mol. The summed E-state index contributed by atoms with van der Waals surface area (Å²) in [6.45, 7) is 8.03. The van der Waals surface area contributed by atoms with Crippen LogP contribution in [-0.4, -0.2) is 21.8 Å². The number of amides is 1. The normalized spacial score (nSPS) is 18.2. The molecule has 31 heavy (non-hydrogen) atoms. The highest BCUT2D eigenvalue weighted by Gasteiger charge is 2.48. The molecule has 6 heteroatoms. The second-order valence-electron chi connectivity index (χ2n) is 7.99. The Bertz CT molecular complexity index is 1160. The molecular weight excluding hydrogens is 408 g/mol. The Hall–Kier alpha value is -3.25. The van der Waals surface area contributed by atoms with Crippen LogP contribution in [0.5, 0.6) is 0 Å². The van der Waals surface area contributed by atoms with E-state index in [4.69, 9.17) is 0 Å². The number of hydrogen-bond donors (Lipinski definition) is 1. The van der Waals surface area contributed by atoms with Gasteiger partial charge in [0.15, 0.2) is 5.13 Å². The van der Waals surface area contributed by atoms with Gasteiger partial charge in [-0.05, 0) is 30.9 Å². The Morgan fingerprint density at radius 3 is 2.23 bits per heavy atom. The Kier molecular flexibility index (Phi) is 5.50. The summed E-state index contributed by atoms with van der Waals surface area (Å²) in [6, 6.07) is 15.9. The van der Waals surface area contributed by atoms with Gasteiger partial charge in [-0.1, -0.05) is 68.4 Å². The highest BCUT2D eigenvalue weighted by Crippen LogP contribution is 2.43. The fraction of sp³-hybridized carbons (Fsp3) is 0.240. The van der Waals surface area contributed by atoms with Crippen molar-refractivity contribution in [1.29, 1.82) is 0 Å². The first-order chi connectivity index (χ1) is 14.8. The van der Waals surface area contributed by atoms with Crippen molar-refractivity contribution in [2.75, 3.05) is 4.90 Å². The van der Waals surface area contributed by atoms with Crippen molar-refractivity contribution in [3.8, 4) is 0 Å². The quantitative estimate of drug-likeness (QED) is 0.335. The maximum Gasteiger partial charge on any atom is 0.301 e. The maximum atomic E-state index is 13.1. The molecular formula is C25H24N2O3S. The van der Waals surface area contributed by atoms with E-state index in [1.165, 1.54) is 16.2 Å². The molecule has 1 aliphatic heterocycles. The average Bonchev–Trinajstić information content (AvgIpc) is 3.23. The van der Waals surface area contributed by atoms with Crippen LogP contribution in [-0.2, 0) is 9.59 Å². The lowest BCUT2D eigenvalue weighted by molar-refractivity contribution is -0.132. The number of benzene rings is 2. The first-order valence-electron chi connectivity index (χ1n) is 10.2. The summed E-state index contributed by atoms with van der Waals surface area (Å²) < 4.78 is 0. The van der Waals surface area contributed by atoms with E-state index in [0.29, 0.717) is 16.6 Å². The lowest BCUT2D eigenvalue weighted by atomic mass is 9.93. The summed E-state index contributed by atoms with van der Waals surface area (Å²) in [5, 5.41) is 11.5. The third-order valence-electron chi connectivity index (χ3n) is 5.63. The zero-order valence-corrected chi connectivity index (χ0v) is 18.7. The topological polar surface area (TPSA) is 70.5 Å². The standard InChI is InChI=1S/C25H24N2O3S/c1-14(2)17-10-12-18(13-11-17)21-20(22(28)19-8-6-5-7-9-19)23(29)24(30)27(21)25-26-15(3)16(4)31-25/h5-14,21,28H,1-4H3/b22-20+/t21-/m1/s1. The van der Waals surface area contributed by atoms with Crippen molar-refractivity contribution >= 4 is 33.9 Å². The smallest absolute Gasteiger partial charge is 0.301 e. The first kappa shape index (κ1) is 21.0. The zero-order chi connectivity index (χ0) is 22.3. The number of aliphatic hydroxyl groups is 1. The Morgan fingerprint density at radius 2 is 1.68 bits per heavy atom. The SMILES string of the molecule is Cc1nc(N2C(=O)C(=O)/C(=C(/O)c3ccccc3)[C@H]2c2ccc(C(C)C)cc2)sc1C. The fourth-order valence-electron chi connectivity index (χ4n) is 3.72. The number of hydrogen-bond acceptors (Lipinski definition) is 5. The van der Waals surface area contributed by atoms with E-state index in [1.807, 2.05) is 44.2 Å². The largest absolute Gasteiger partial charge is 0.507 e. The minimum Gasteiger partial charge on any atom is -0.507 e. The summed E-state index contributed by atoms with van der Waals surface area (Å²) in [7, 11) is 0. The van der Waals surface area contributed by atoms with Crippen LogP contribution in [0, 0.1) is 13.8 Å². The van der Waals surface area contributed by atoms with Gasteiger partial charge in [-0.15, -0.1) is 11.3 Å². The van der Waals surface area contributed by atoms with Crippen LogP contribution in [0.3, 0.4) is 0 Å². The molecule has 1 aliphatic rings. The summed E-state index contributed by atoms with van der Waals surface area (Å²) in [6.07, 6.45) is 0. The van der Waals surface area contributed by atoms with Gasteiger partial charge in [-0.3, -0.25) is 14.5 Å². The molecule has 0 spiro atoms. The van der Waals surface area contributed by atoms with Crippen molar-refractivity contribution in [3.63, 3.8) is 0 Å². The lowest BCUT2D eigenvalue weighted by Gasteiger charge is -2.23. The molecule has 1 saturated heterocycles. The van der Waals surface area contributed by atoms with Gasteiger partial charge >= 0.3 is 5.91 Å². The van der Waals surface area contributed by atoms with Gasteiger partial charge < -0.3 is 5.11 Å². The van der Waals surface area contributed by atoms with E-state index in [1.54, 1.807) is 24.3 Å². The van der Waals surface area contributed by atoms with Crippen LogP contribution in [0.1, 0.15) is 53.1 Å². The van der Waals surface area contributed by atoms with Crippen LogP contribution in [0.25, 0.3) is 5.76 Å². The highest BCUT2D eigenvalue weighted by molar-refractivity contribution is 7.16. The predicted molar refractivity (Wildman–Crippen MR) is 123 cm³/mol. The van der Waals surface area contributed by atoms with Gasteiger partial charge in [0, 0.05) is 10.4 Å². The minimum absolute atomic E-state index is 0.0824. The summed E-state index contributed by atoms with van der Waals surface area (Å²) in [4.78, 5) is 33.2. The van der Waals surface area contributed by atoms with Crippen molar-refractivity contribution < 1.29 is 14.7 Å². The fourth-order valence-corrected chi connectivity index (χ4v) is 4.66. The average molecular weight is 433 g/mol.